The van der Waals surface area contributed by atoms with Crippen LogP contribution in [0, 0.1) is 0 Å². The summed E-state index contributed by atoms with van der Waals surface area (Å²) in [7, 11) is -3.86. The molecule has 0 saturated heterocycles. The topological polar surface area (TPSA) is 46.5 Å². The van der Waals surface area contributed by atoms with E-state index in [1.165, 1.54) is 5.56 Å². The molecule has 0 spiro atoms. The first-order valence-electron chi connectivity index (χ1n) is 8.22. The monoisotopic (exact) mass is 344 g/mol. The number of hydrogen-bond donors (Lipinski definition) is 1. The van der Waals surface area contributed by atoms with Crippen molar-refractivity contribution >= 4 is 12.9 Å². The predicted octanol–water partition coefficient (Wildman–Crippen LogP) is 5.15. The van der Waals surface area contributed by atoms with Crippen LogP contribution in [-0.4, -0.2) is 4.89 Å². The van der Waals surface area contributed by atoms with Gasteiger partial charge in [-0.2, -0.15) is 0 Å². The van der Waals surface area contributed by atoms with Gasteiger partial charge in [-0.15, -0.1) is 0 Å². The third-order valence-corrected chi connectivity index (χ3v) is 5.91. The zero-order valence-corrected chi connectivity index (χ0v) is 16.1. The van der Waals surface area contributed by atoms with Crippen LogP contribution in [0.2, 0.25) is 0 Å². The van der Waals surface area contributed by atoms with E-state index in [2.05, 4.69) is 53.7 Å². The van der Waals surface area contributed by atoms with Crippen LogP contribution in [0.3, 0.4) is 0 Å². The van der Waals surface area contributed by atoms with E-state index in [0.717, 1.165) is 16.7 Å². The maximum absolute atomic E-state index is 12.7. The molecule has 1 aliphatic rings. The Labute approximate surface area is 144 Å². The van der Waals surface area contributed by atoms with Gasteiger partial charge in [0.15, 0.2) is 0 Å². The lowest BCUT2D eigenvalue weighted by Gasteiger charge is -2.33. The molecule has 128 valence electrons. The fourth-order valence-electron chi connectivity index (χ4n) is 3.04. The zero-order chi connectivity index (χ0) is 17.9. The molecule has 2 aromatic rings. The Morgan fingerprint density at radius 3 is 2.12 bits per heavy atom. The highest BCUT2D eigenvalue weighted by molar-refractivity contribution is 7.62. The second-order valence-corrected chi connectivity index (χ2v) is 10.2. The number of rotatable bonds is 0. The van der Waals surface area contributed by atoms with Crippen LogP contribution in [0.25, 0.3) is 11.1 Å². The van der Waals surface area contributed by atoms with Gasteiger partial charge in [0, 0.05) is 16.7 Å². The SMILES string of the molecule is CC(C)(C)c1cc2c(c(C(C)(C)C)c1)OP(=O)(O)c1ccccc1-2. The third-order valence-electron chi connectivity index (χ3n) is 4.48. The molecule has 4 heteroatoms. The Kier molecular flexibility index (Phi) is 3.75. The molecule has 1 unspecified atom stereocenters. The van der Waals surface area contributed by atoms with E-state index < -0.39 is 7.60 Å². The summed E-state index contributed by atoms with van der Waals surface area (Å²) in [4.78, 5) is 10.4. The summed E-state index contributed by atoms with van der Waals surface area (Å²) in [6.45, 7) is 12.8. The largest absolute Gasteiger partial charge is 0.420 e. The fraction of sp³-hybridized carbons (Fsp3) is 0.400. The summed E-state index contributed by atoms with van der Waals surface area (Å²) >= 11 is 0. The minimum Gasteiger partial charge on any atom is -0.420 e. The van der Waals surface area contributed by atoms with E-state index in [-0.39, 0.29) is 10.8 Å². The van der Waals surface area contributed by atoms with Crippen molar-refractivity contribution in [3.8, 4) is 16.9 Å². The molecule has 3 nitrogen and oxygen atoms in total. The van der Waals surface area contributed by atoms with E-state index in [1.807, 2.05) is 12.1 Å². The van der Waals surface area contributed by atoms with Crippen molar-refractivity contribution < 1.29 is 14.0 Å². The van der Waals surface area contributed by atoms with Gasteiger partial charge in [0.2, 0.25) is 0 Å². The Morgan fingerprint density at radius 2 is 1.54 bits per heavy atom. The molecule has 24 heavy (non-hydrogen) atoms. The Morgan fingerprint density at radius 1 is 0.917 bits per heavy atom. The van der Waals surface area contributed by atoms with Gasteiger partial charge >= 0.3 is 7.60 Å². The summed E-state index contributed by atoms with van der Waals surface area (Å²) in [6.07, 6.45) is 0. The number of hydrogen-bond acceptors (Lipinski definition) is 2. The molecule has 0 aliphatic carbocycles. The van der Waals surface area contributed by atoms with Gasteiger partial charge in [0.1, 0.15) is 5.75 Å². The molecule has 0 aromatic heterocycles. The van der Waals surface area contributed by atoms with Crippen LogP contribution in [0.15, 0.2) is 36.4 Å². The van der Waals surface area contributed by atoms with E-state index in [1.54, 1.807) is 12.1 Å². The average Bonchev–Trinajstić information content (AvgIpc) is 2.44. The fourth-order valence-corrected chi connectivity index (χ4v) is 4.35. The Bertz CT molecular complexity index is 854. The highest BCUT2D eigenvalue weighted by Crippen LogP contribution is 2.55. The summed E-state index contributed by atoms with van der Waals surface area (Å²) in [5.74, 6) is 0.542. The summed E-state index contributed by atoms with van der Waals surface area (Å²) in [5, 5.41) is 0.378. The lowest BCUT2D eigenvalue weighted by atomic mass is 9.78. The molecule has 0 fully saturated rings. The van der Waals surface area contributed by atoms with Crippen molar-refractivity contribution in [3.63, 3.8) is 0 Å². The Hall–Kier alpha value is -1.57. The summed E-state index contributed by atoms with van der Waals surface area (Å²) in [5.41, 5.74) is 3.64. The average molecular weight is 344 g/mol. The van der Waals surface area contributed by atoms with Gasteiger partial charge in [-0.05, 0) is 28.5 Å². The standard InChI is InChI=1S/C20H25O3P/c1-19(2,3)13-11-15-14-9-7-8-10-17(14)24(21,22)23-18(15)16(12-13)20(4,5)6/h7-12H,1-6H3,(H,21,22). The van der Waals surface area contributed by atoms with E-state index >= 15 is 0 Å². The molecule has 1 N–H and O–H groups in total. The highest BCUT2D eigenvalue weighted by Gasteiger charge is 2.38. The Balaban J connectivity index is 2.42. The van der Waals surface area contributed by atoms with Crippen LogP contribution in [-0.2, 0) is 15.4 Å². The third kappa shape index (κ3) is 2.81. The first-order chi connectivity index (χ1) is 10.9. The van der Waals surface area contributed by atoms with E-state index in [9.17, 15) is 9.46 Å². The minimum absolute atomic E-state index is 0.0235. The molecule has 3 rings (SSSR count). The number of benzene rings is 2. The van der Waals surface area contributed by atoms with Crippen molar-refractivity contribution in [2.45, 2.75) is 52.4 Å². The zero-order valence-electron chi connectivity index (χ0n) is 15.2. The van der Waals surface area contributed by atoms with Gasteiger partial charge in [0.25, 0.3) is 0 Å². The van der Waals surface area contributed by atoms with Crippen molar-refractivity contribution in [2.24, 2.45) is 0 Å². The molecular weight excluding hydrogens is 319 g/mol. The van der Waals surface area contributed by atoms with Crippen molar-refractivity contribution in [1.82, 2.24) is 0 Å². The molecular formula is C20H25O3P. The van der Waals surface area contributed by atoms with Crippen molar-refractivity contribution in [3.05, 3.63) is 47.5 Å². The molecule has 1 heterocycles. The van der Waals surface area contributed by atoms with Gasteiger partial charge in [-0.25, -0.2) is 4.57 Å². The van der Waals surface area contributed by atoms with Crippen molar-refractivity contribution in [2.75, 3.05) is 0 Å². The summed E-state index contributed by atoms with van der Waals surface area (Å²) in [6, 6.07) is 11.5. The molecule has 0 amide bonds. The lowest BCUT2D eigenvalue weighted by molar-refractivity contribution is 0.386. The quantitative estimate of drug-likeness (QED) is 0.672. The van der Waals surface area contributed by atoms with Gasteiger partial charge in [-0.1, -0.05) is 65.8 Å². The molecule has 0 saturated carbocycles. The van der Waals surface area contributed by atoms with Crippen LogP contribution in [0.1, 0.15) is 52.7 Å². The van der Waals surface area contributed by atoms with E-state index in [4.69, 9.17) is 4.52 Å². The van der Waals surface area contributed by atoms with Crippen LogP contribution in [0.4, 0.5) is 0 Å². The van der Waals surface area contributed by atoms with Gasteiger partial charge < -0.3 is 9.42 Å². The summed E-state index contributed by atoms with van der Waals surface area (Å²) < 4.78 is 18.4. The first-order valence-corrected chi connectivity index (χ1v) is 9.80. The first kappa shape index (κ1) is 17.3. The molecule has 0 radical (unpaired) electrons. The second-order valence-electron chi connectivity index (χ2n) is 8.53. The molecule has 1 aliphatic heterocycles. The molecule has 2 aromatic carbocycles. The van der Waals surface area contributed by atoms with Crippen molar-refractivity contribution in [1.29, 1.82) is 0 Å². The van der Waals surface area contributed by atoms with E-state index in [0.29, 0.717) is 11.1 Å². The minimum atomic E-state index is -3.86. The maximum atomic E-state index is 12.7. The van der Waals surface area contributed by atoms with Crippen LogP contribution >= 0.6 is 7.60 Å². The van der Waals surface area contributed by atoms with Crippen LogP contribution in [0.5, 0.6) is 5.75 Å². The smallest absolute Gasteiger partial charge is 0.408 e. The predicted molar refractivity (Wildman–Crippen MR) is 99.4 cm³/mol. The maximum Gasteiger partial charge on any atom is 0.408 e. The molecule has 0 bridgehead atoms. The lowest BCUT2D eigenvalue weighted by Crippen LogP contribution is -2.23. The highest BCUT2D eigenvalue weighted by atomic mass is 31.2. The normalized spacial score (nSPS) is 20.1. The number of fused-ring (bicyclic) bond motifs is 3. The van der Waals surface area contributed by atoms with Gasteiger partial charge in [-0.3, -0.25) is 0 Å². The second kappa shape index (κ2) is 5.21. The van der Waals surface area contributed by atoms with Crippen LogP contribution < -0.4 is 9.83 Å². The molecule has 1 atom stereocenters. The van der Waals surface area contributed by atoms with Gasteiger partial charge in [0.05, 0.1) is 5.30 Å².